The minimum Gasteiger partial charge on any atom is -0.369 e. The van der Waals surface area contributed by atoms with Gasteiger partial charge in [-0.3, -0.25) is 4.90 Å². The second-order valence-electron chi connectivity index (χ2n) is 8.65. The first-order chi connectivity index (χ1) is 15.5. The number of aromatic nitrogens is 2. The van der Waals surface area contributed by atoms with Gasteiger partial charge in [-0.2, -0.15) is 5.26 Å². The third kappa shape index (κ3) is 3.91. The normalized spacial score (nSPS) is 23.9. The van der Waals surface area contributed by atoms with Gasteiger partial charge in [-0.05, 0) is 50.1 Å². The lowest BCUT2D eigenvalue weighted by Crippen LogP contribution is -2.50. The van der Waals surface area contributed by atoms with E-state index in [0.717, 1.165) is 25.3 Å². The van der Waals surface area contributed by atoms with Crippen molar-refractivity contribution in [2.24, 2.45) is 0 Å². The van der Waals surface area contributed by atoms with Gasteiger partial charge >= 0.3 is 0 Å². The minimum absolute atomic E-state index is 0.181. The fraction of sp³-hybridized carbons (Fsp3) is 0.500. The number of hydrogen-bond acceptors (Lipinski definition) is 8. The molecule has 0 spiro atoms. The van der Waals surface area contributed by atoms with E-state index in [0.29, 0.717) is 25.0 Å². The Hall–Kier alpha value is -2.41. The maximum Gasteiger partial charge on any atom is 0.226 e. The molecule has 3 aliphatic rings. The summed E-state index contributed by atoms with van der Waals surface area (Å²) in [5, 5.41) is 8.73. The fourth-order valence-electron chi connectivity index (χ4n) is 5.05. The van der Waals surface area contributed by atoms with Crippen LogP contribution in [0.15, 0.2) is 35.4 Å². The second kappa shape index (κ2) is 8.50. The van der Waals surface area contributed by atoms with Gasteiger partial charge in [-0.1, -0.05) is 11.6 Å². The van der Waals surface area contributed by atoms with Gasteiger partial charge in [-0.15, -0.1) is 0 Å². The number of nitrogens with zero attached hydrogens (tertiary/aromatic N) is 6. The first-order valence-electron chi connectivity index (χ1n) is 11.0. The van der Waals surface area contributed by atoms with Gasteiger partial charge in [0.25, 0.3) is 0 Å². The zero-order valence-electron chi connectivity index (χ0n) is 17.7. The van der Waals surface area contributed by atoms with Crippen LogP contribution in [-0.2, 0) is 9.84 Å². The largest absolute Gasteiger partial charge is 0.369 e. The Labute approximate surface area is 193 Å². The molecule has 4 heterocycles. The van der Waals surface area contributed by atoms with Crippen molar-refractivity contribution < 1.29 is 8.42 Å². The van der Waals surface area contributed by atoms with Crippen molar-refractivity contribution in [1.82, 2.24) is 14.9 Å². The predicted molar refractivity (Wildman–Crippen MR) is 123 cm³/mol. The zero-order chi connectivity index (χ0) is 22.3. The van der Waals surface area contributed by atoms with Crippen molar-refractivity contribution in [3.63, 3.8) is 0 Å². The van der Waals surface area contributed by atoms with E-state index in [1.54, 1.807) is 12.1 Å². The average molecular weight is 473 g/mol. The molecule has 5 rings (SSSR count). The van der Waals surface area contributed by atoms with Crippen LogP contribution in [-0.4, -0.2) is 73.8 Å². The van der Waals surface area contributed by atoms with Gasteiger partial charge in [0.1, 0.15) is 11.8 Å². The Morgan fingerprint density at radius 1 is 1.06 bits per heavy atom. The van der Waals surface area contributed by atoms with Crippen molar-refractivity contribution >= 4 is 33.1 Å². The molecule has 1 aromatic heterocycles. The van der Waals surface area contributed by atoms with Gasteiger partial charge in [0.2, 0.25) is 5.95 Å². The van der Waals surface area contributed by atoms with E-state index in [-0.39, 0.29) is 22.2 Å². The Morgan fingerprint density at radius 2 is 1.94 bits per heavy atom. The van der Waals surface area contributed by atoms with Crippen molar-refractivity contribution in [3.8, 4) is 6.07 Å². The van der Waals surface area contributed by atoms with Gasteiger partial charge in [0, 0.05) is 50.6 Å². The van der Waals surface area contributed by atoms with Crippen LogP contribution in [0.2, 0.25) is 5.02 Å². The van der Waals surface area contributed by atoms with Crippen LogP contribution in [0.5, 0.6) is 0 Å². The standard InChI is InChI=1S/C22H25ClN6O2S/c23-20-12-17(28-11-10-27-8-1-2-18(27)14-28)3-4-21(20)32(30,31)19-6-9-29(15-19)22-25-7-5-16(13-24)26-22/h3-5,7,12,18-19H,1-2,6,8-11,14-15H2/t18?,19-/m0/s1. The highest BCUT2D eigenvalue weighted by molar-refractivity contribution is 7.92. The van der Waals surface area contributed by atoms with Crippen LogP contribution in [0.3, 0.4) is 0 Å². The summed E-state index contributed by atoms with van der Waals surface area (Å²) in [6, 6.07) is 9.44. The number of rotatable bonds is 4. The second-order valence-corrected chi connectivity index (χ2v) is 11.3. The van der Waals surface area contributed by atoms with Crippen LogP contribution in [0.4, 0.5) is 11.6 Å². The molecular weight excluding hydrogens is 448 g/mol. The molecule has 0 saturated carbocycles. The molecule has 1 unspecified atom stereocenters. The lowest BCUT2D eigenvalue weighted by Gasteiger charge is -2.39. The van der Waals surface area contributed by atoms with Crippen molar-refractivity contribution in [3.05, 3.63) is 41.2 Å². The lowest BCUT2D eigenvalue weighted by atomic mass is 10.1. The highest BCUT2D eigenvalue weighted by atomic mass is 35.5. The first-order valence-corrected chi connectivity index (χ1v) is 12.9. The number of halogens is 1. The van der Waals surface area contributed by atoms with Crippen LogP contribution in [0.1, 0.15) is 25.0 Å². The summed E-state index contributed by atoms with van der Waals surface area (Å²) in [7, 11) is -3.61. The topological polar surface area (TPSA) is 93.4 Å². The molecule has 32 heavy (non-hydrogen) atoms. The molecule has 0 aliphatic carbocycles. The van der Waals surface area contributed by atoms with Gasteiger partial charge in [-0.25, -0.2) is 18.4 Å². The summed E-state index contributed by atoms with van der Waals surface area (Å²) in [6.07, 6.45) is 4.45. The van der Waals surface area contributed by atoms with Gasteiger partial charge in [0.05, 0.1) is 15.2 Å². The summed E-state index contributed by atoms with van der Waals surface area (Å²) < 4.78 is 26.7. The summed E-state index contributed by atoms with van der Waals surface area (Å²) >= 11 is 6.53. The molecule has 168 valence electrons. The number of nitriles is 1. The monoisotopic (exact) mass is 472 g/mol. The summed E-state index contributed by atoms with van der Waals surface area (Å²) in [5.74, 6) is 0.384. The Balaban J connectivity index is 1.32. The van der Waals surface area contributed by atoms with Crippen molar-refractivity contribution in [2.75, 3.05) is 49.1 Å². The smallest absolute Gasteiger partial charge is 0.226 e. The minimum atomic E-state index is -3.61. The van der Waals surface area contributed by atoms with E-state index in [4.69, 9.17) is 16.9 Å². The number of hydrogen-bond donors (Lipinski definition) is 0. The van der Waals surface area contributed by atoms with E-state index in [9.17, 15) is 8.42 Å². The molecule has 3 fully saturated rings. The molecule has 10 heteroatoms. The molecular formula is C22H25ClN6O2S. The summed E-state index contributed by atoms with van der Waals surface area (Å²) in [4.78, 5) is 15.2. The summed E-state index contributed by atoms with van der Waals surface area (Å²) in [6.45, 7) is 4.90. The van der Waals surface area contributed by atoms with Crippen molar-refractivity contribution in [2.45, 2.75) is 35.4 Å². The zero-order valence-corrected chi connectivity index (χ0v) is 19.3. The number of fused-ring (bicyclic) bond motifs is 1. The Bertz CT molecular complexity index is 1170. The van der Waals surface area contributed by atoms with E-state index in [1.165, 1.54) is 31.6 Å². The summed E-state index contributed by atoms with van der Waals surface area (Å²) in [5.41, 5.74) is 1.24. The highest BCUT2D eigenvalue weighted by Crippen LogP contribution is 2.34. The molecule has 8 nitrogen and oxygen atoms in total. The molecule has 2 atom stereocenters. The SMILES string of the molecule is N#Cc1ccnc(N2CC[C@H](S(=O)(=O)c3ccc(N4CCN5CCCC5C4)cc3Cl)C2)n1. The van der Waals surface area contributed by atoms with Crippen LogP contribution >= 0.6 is 11.6 Å². The Morgan fingerprint density at radius 3 is 2.75 bits per heavy atom. The van der Waals surface area contributed by atoms with E-state index in [1.807, 2.05) is 17.0 Å². The number of benzene rings is 1. The fourth-order valence-corrected chi connectivity index (χ4v) is 7.29. The molecule has 0 bridgehead atoms. The van der Waals surface area contributed by atoms with E-state index in [2.05, 4.69) is 19.8 Å². The van der Waals surface area contributed by atoms with Crippen LogP contribution < -0.4 is 9.80 Å². The molecule has 2 aromatic rings. The Kier molecular flexibility index (Phi) is 5.70. The van der Waals surface area contributed by atoms with Crippen LogP contribution in [0, 0.1) is 11.3 Å². The lowest BCUT2D eigenvalue weighted by molar-refractivity contribution is 0.231. The predicted octanol–water partition coefficient (Wildman–Crippen LogP) is 2.34. The molecule has 1 aromatic carbocycles. The maximum atomic E-state index is 13.4. The third-order valence-electron chi connectivity index (χ3n) is 6.80. The number of piperazine rings is 1. The molecule has 3 saturated heterocycles. The van der Waals surface area contributed by atoms with Crippen LogP contribution in [0.25, 0.3) is 0 Å². The maximum absolute atomic E-state index is 13.4. The molecule has 0 radical (unpaired) electrons. The molecule has 3 aliphatic heterocycles. The number of sulfone groups is 1. The highest BCUT2D eigenvalue weighted by Gasteiger charge is 2.37. The van der Waals surface area contributed by atoms with Gasteiger partial charge < -0.3 is 9.80 Å². The van der Waals surface area contributed by atoms with E-state index >= 15 is 0 Å². The third-order valence-corrected chi connectivity index (χ3v) is 9.45. The quantitative estimate of drug-likeness (QED) is 0.669. The molecule has 0 N–H and O–H groups in total. The van der Waals surface area contributed by atoms with Gasteiger partial charge in [0.15, 0.2) is 9.84 Å². The average Bonchev–Trinajstić information content (AvgIpc) is 3.48. The van der Waals surface area contributed by atoms with E-state index < -0.39 is 15.1 Å². The number of anilines is 2. The first kappa shape index (κ1) is 21.4. The van der Waals surface area contributed by atoms with Crippen molar-refractivity contribution in [1.29, 1.82) is 5.26 Å². The molecule has 0 amide bonds.